The minimum atomic E-state index is -3.74. The third kappa shape index (κ3) is 3.95. The Morgan fingerprint density at radius 3 is 2.62 bits per heavy atom. The molecule has 0 amide bonds. The number of rotatable bonds is 5. The van der Waals surface area contributed by atoms with Crippen LogP contribution < -0.4 is 4.74 Å². The molecule has 2 rings (SSSR count). The summed E-state index contributed by atoms with van der Waals surface area (Å²) in [6.07, 6.45) is 0. The van der Waals surface area contributed by atoms with E-state index in [4.69, 9.17) is 19.9 Å². The van der Waals surface area contributed by atoms with E-state index < -0.39 is 9.05 Å². The minimum Gasteiger partial charge on any atom is -0.483 e. The van der Waals surface area contributed by atoms with Gasteiger partial charge in [0.25, 0.3) is 14.9 Å². The molecule has 1 aromatic carbocycles. The van der Waals surface area contributed by atoms with Crippen LogP contribution in [0.25, 0.3) is 0 Å². The van der Waals surface area contributed by atoms with Crippen molar-refractivity contribution in [3.05, 3.63) is 35.5 Å². The fraction of sp³-hybridized carbons (Fsp3) is 0.385. The summed E-state index contributed by atoms with van der Waals surface area (Å²) in [4.78, 5) is 4.23. The third-order valence-electron chi connectivity index (χ3n) is 2.78. The maximum Gasteiger partial charge on any atom is 0.264 e. The molecule has 0 bridgehead atoms. The maximum absolute atomic E-state index is 11.2. The molecule has 0 saturated heterocycles. The maximum atomic E-state index is 11.2. The number of benzene rings is 1. The third-order valence-corrected chi connectivity index (χ3v) is 4.13. The van der Waals surface area contributed by atoms with E-state index >= 15 is 0 Å². The highest BCUT2D eigenvalue weighted by Crippen LogP contribution is 2.24. The lowest BCUT2D eigenvalue weighted by Crippen LogP contribution is -1.99. The van der Waals surface area contributed by atoms with Gasteiger partial charge in [-0.25, -0.2) is 8.42 Å². The summed E-state index contributed by atoms with van der Waals surface area (Å²) in [6, 6.07) is 4.38. The van der Waals surface area contributed by atoms with E-state index in [2.05, 4.69) is 10.1 Å². The molecule has 2 aromatic rings. The zero-order valence-electron chi connectivity index (χ0n) is 11.8. The predicted octanol–water partition coefficient (Wildman–Crippen LogP) is 3.01. The van der Waals surface area contributed by atoms with Crippen LogP contribution in [0.15, 0.2) is 27.6 Å². The van der Waals surface area contributed by atoms with E-state index in [9.17, 15) is 8.42 Å². The van der Waals surface area contributed by atoms with Crippen LogP contribution in [-0.2, 0) is 15.7 Å². The number of hydrogen-bond acceptors (Lipinski definition) is 6. The lowest BCUT2D eigenvalue weighted by atomic mass is 10.2. The van der Waals surface area contributed by atoms with E-state index in [0.29, 0.717) is 23.0 Å². The van der Waals surface area contributed by atoms with Gasteiger partial charge in [0.05, 0.1) is 4.90 Å². The van der Waals surface area contributed by atoms with Gasteiger partial charge in [-0.15, -0.1) is 0 Å². The van der Waals surface area contributed by atoms with Crippen molar-refractivity contribution in [2.45, 2.75) is 38.2 Å². The molecule has 8 heteroatoms. The van der Waals surface area contributed by atoms with Crippen LogP contribution in [0.3, 0.4) is 0 Å². The molecule has 0 atom stereocenters. The van der Waals surface area contributed by atoms with Crippen molar-refractivity contribution in [3.8, 4) is 5.75 Å². The Hall–Kier alpha value is -1.60. The molecule has 6 nitrogen and oxygen atoms in total. The topological polar surface area (TPSA) is 82.3 Å². The molecule has 1 heterocycles. The summed E-state index contributed by atoms with van der Waals surface area (Å²) in [5, 5.41) is 3.83. The van der Waals surface area contributed by atoms with Crippen molar-refractivity contribution in [3.63, 3.8) is 0 Å². The fourth-order valence-electron chi connectivity index (χ4n) is 1.64. The van der Waals surface area contributed by atoms with Gasteiger partial charge in [-0.2, -0.15) is 4.98 Å². The van der Waals surface area contributed by atoms with Gasteiger partial charge in [0, 0.05) is 16.6 Å². The van der Waals surface area contributed by atoms with Gasteiger partial charge < -0.3 is 9.26 Å². The van der Waals surface area contributed by atoms with Crippen molar-refractivity contribution in [1.29, 1.82) is 0 Å². The fourth-order valence-corrected chi connectivity index (χ4v) is 2.47. The first kappa shape index (κ1) is 15.8. The molecule has 0 spiro atoms. The van der Waals surface area contributed by atoms with Crippen LogP contribution in [-0.4, -0.2) is 18.6 Å². The zero-order chi connectivity index (χ0) is 15.6. The number of ether oxygens (including phenoxy) is 1. The molecule has 0 aliphatic carbocycles. The van der Waals surface area contributed by atoms with Crippen LogP contribution in [0.4, 0.5) is 0 Å². The first-order chi connectivity index (χ1) is 9.77. The van der Waals surface area contributed by atoms with Crippen molar-refractivity contribution < 1.29 is 17.7 Å². The highest BCUT2D eigenvalue weighted by atomic mass is 35.7. The van der Waals surface area contributed by atoms with Gasteiger partial charge in [0.1, 0.15) is 5.75 Å². The standard InChI is InChI=1S/C13H15ClN2O4S/c1-8(2)13-15-12(20-16-13)7-19-11-5-4-10(6-9(11)3)21(14,17)18/h4-6,8H,7H2,1-3H3. The molecule has 0 saturated carbocycles. The summed E-state index contributed by atoms with van der Waals surface area (Å²) in [7, 11) is 1.55. The normalized spacial score (nSPS) is 11.9. The number of nitrogens with zero attached hydrogens (tertiary/aromatic N) is 2. The molecule has 21 heavy (non-hydrogen) atoms. The SMILES string of the molecule is Cc1cc(S(=O)(=O)Cl)ccc1OCc1nc(C(C)C)no1. The summed E-state index contributed by atoms with van der Waals surface area (Å²) < 4.78 is 33.1. The summed E-state index contributed by atoms with van der Waals surface area (Å²) >= 11 is 0. The quantitative estimate of drug-likeness (QED) is 0.784. The van der Waals surface area contributed by atoms with Crippen molar-refractivity contribution in [1.82, 2.24) is 10.1 Å². The van der Waals surface area contributed by atoms with Crippen LogP contribution in [0.1, 0.15) is 37.0 Å². The molecule has 114 valence electrons. The van der Waals surface area contributed by atoms with E-state index in [-0.39, 0.29) is 17.4 Å². The summed E-state index contributed by atoms with van der Waals surface area (Å²) in [6.45, 7) is 5.78. The van der Waals surface area contributed by atoms with Gasteiger partial charge in [-0.3, -0.25) is 0 Å². The van der Waals surface area contributed by atoms with E-state index in [1.54, 1.807) is 13.0 Å². The van der Waals surface area contributed by atoms with Crippen LogP contribution in [0.5, 0.6) is 5.75 Å². The van der Waals surface area contributed by atoms with Crippen LogP contribution >= 0.6 is 10.7 Å². The number of halogens is 1. The average Bonchev–Trinajstić information content (AvgIpc) is 2.85. The monoisotopic (exact) mass is 330 g/mol. The Labute approximate surface area is 127 Å². The zero-order valence-corrected chi connectivity index (χ0v) is 13.4. The molecule has 0 aliphatic heterocycles. The first-order valence-electron chi connectivity index (χ1n) is 6.28. The molecule has 0 N–H and O–H groups in total. The number of hydrogen-bond donors (Lipinski definition) is 0. The van der Waals surface area contributed by atoms with Gasteiger partial charge in [0.15, 0.2) is 12.4 Å². The number of aryl methyl sites for hydroxylation is 1. The Morgan fingerprint density at radius 2 is 2.10 bits per heavy atom. The molecular formula is C13H15ClN2O4S. The highest BCUT2D eigenvalue weighted by Gasteiger charge is 2.13. The molecule has 1 aromatic heterocycles. The van der Waals surface area contributed by atoms with Crippen molar-refractivity contribution >= 4 is 19.7 Å². The Morgan fingerprint density at radius 1 is 1.38 bits per heavy atom. The van der Waals surface area contributed by atoms with E-state index in [1.165, 1.54) is 12.1 Å². The second-order valence-corrected chi connectivity index (χ2v) is 7.42. The lowest BCUT2D eigenvalue weighted by Gasteiger charge is -2.07. The van der Waals surface area contributed by atoms with Crippen molar-refractivity contribution in [2.75, 3.05) is 0 Å². The lowest BCUT2D eigenvalue weighted by molar-refractivity contribution is 0.241. The minimum absolute atomic E-state index is 0.0360. The Kier molecular flexibility index (Phi) is 4.53. The highest BCUT2D eigenvalue weighted by molar-refractivity contribution is 8.13. The molecule has 0 unspecified atom stereocenters. The van der Waals surface area contributed by atoms with Gasteiger partial charge >= 0.3 is 0 Å². The Bertz CT molecular complexity index is 740. The van der Waals surface area contributed by atoms with Gasteiger partial charge in [-0.1, -0.05) is 19.0 Å². The van der Waals surface area contributed by atoms with E-state index in [0.717, 1.165) is 0 Å². The summed E-state index contributed by atoms with van der Waals surface area (Å²) in [5.41, 5.74) is 0.653. The largest absolute Gasteiger partial charge is 0.483 e. The second kappa shape index (κ2) is 6.03. The second-order valence-electron chi connectivity index (χ2n) is 4.85. The Balaban J connectivity index is 2.09. The van der Waals surface area contributed by atoms with Crippen LogP contribution in [0, 0.1) is 6.92 Å². The van der Waals surface area contributed by atoms with Gasteiger partial charge in [0.2, 0.25) is 0 Å². The molecule has 0 radical (unpaired) electrons. The summed E-state index contributed by atoms with van der Waals surface area (Å²) in [5.74, 6) is 1.70. The van der Waals surface area contributed by atoms with Crippen molar-refractivity contribution in [2.24, 2.45) is 0 Å². The molecular weight excluding hydrogens is 316 g/mol. The van der Waals surface area contributed by atoms with Gasteiger partial charge in [-0.05, 0) is 30.7 Å². The van der Waals surface area contributed by atoms with Crippen LogP contribution in [0.2, 0.25) is 0 Å². The van der Waals surface area contributed by atoms with E-state index in [1.807, 2.05) is 13.8 Å². The first-order valence-corrected chi connectivity index (χ1v) is 8.59. The molecule has 0 fully saturated rings. The molecule has 0 aliphatic rings. The predicted molar refractivity (Wildman–Crippen MR) is 76.9 cm³/mol. The smallest absolute Gasteiger partial charge is 0.264 e. The average molecular weight is 331 g/mol. The number of aromatic nitrogens is 2.